The fourth-order valence-electron chi connectivity index (χ4n) is 4.57. The molecule has 1 aromatic heterocycles. The predicted molar refractivity (Wildman–Crippen MR) is 122 cm³/mol. The molecule has 2 N–H and O–H groups in total. The van der Waals surface area contributed by atoms with Gasteiger partial charge in [0.15, 0.2) is 0 Å². The molecule has 2 aromatic carbocycles. The summed E-state index contributed by atoms with van der Waals surface area (Å²) in [6.45, 7) is 1.92. The number of nitrogens with one attached hydrogen (secondary N) is 1. The van der Waals surface area contributed by atoms with Crippen LogP contribution >= 0.6 is 23.2 Å². The molecule has 1 heterocycles. The summed E-state index contributed by atoms with van der Waals surface area (Å²) >= 11 is 13.0. The average Bonchev–Trinajstić information content (AvgIpc) is 3.47. The van der Waals surface area contributed by atoms with E-state index in [4.69, 9.17) is 28.3 Å². The highest BCUT2D eigenvalue weighted by Crippen LogP contribution is 2.47. The maximum absolute atomic E-state index is 14.9. The number of anilines is 1. The molecule has 0 saturated heterocycles. The third-order valence-corrected chi connectivity index (χ3v) is 7.17. The molecular weight excluding hydrogens is 452 g/mol. The summed E-state index contributed by atoms with van der Waals surface area (Å²) in [7, 11) is 0. The van der Waals surface area contributed by atoms with Crippen molar-refractivity contribution < 1.29 is 14.3 Å². The van der Waals surface area contributed by atoms with E-state index in [9.17, 15) is 9.18 Å². The Balaban J connectivity index is 1.43. The minimum absolute atomic E-state index is 0.0786. The van der Waals surface area contributed by atoms with E-state index in [-0.39, 0.29) is 23.7 Å². The molecule has 32 heavy (non-hydrogen) atoms. The molecule has 0 aliphatic heterocycles. The van der Waals surface area contributed by atoms with Crippen molar-refractivity contribution in [1.82, 2.24) is 9.97 Å². The van der Waals surface area contributed by atoms with Gasteiger partial charge in [0.2, 0.25) is 0 Å². The Hall–Kier alpha value is -2.70. The molecule has 0 spiro atoms. The highest BCUT2D eigenvalue weighted by atomic mass is 35.5. The van der Waals surface area contributed by atoms with Gasteiger partial charge in [-0.1, -0.05) is 35.3 Å². The van der Waals surface area contributed by atoms with Crippen LogP contribution in [-0.2, 0) is 11.2 Å². The first-order valence-electron chi connectivity index (χ1n) is 10.4. The van der Waals surface area contributed by atoms with Gasteiger partial charge in [-0.15, -0.1) is 0 Å². The van der Waals surface area contributed by atoms with Crippen LogP contribution in [0.25, 0.3) is 11.1 Å². The third kappa shape index (κ3) is 3.61. The van der Waals surface area contributed by atoms with Gasteiger partial charge in [-0.2, -0.15) is 0 Å². The molecule has 2 aliphatic carbocycles. The van der Waals surface area contributed by atoms with Gasteiger partial charge in [0.1, 0.15) is 11.6 Å². The number of carbonyl (C=O) groups is 1. The third-order valence-electron chi connectivity index (χ3n) is 6.37. The number of fused-ring (bicyclic) bond motifs is 1. The van der Waals surface area contributed by atoms with Crippen molar-refractivity contribution in [3.63, 3.8) is 0 Å². The Labute approximate surface area is 194 Å². The van der Waals surface area contributed by atoms with Crippen molar-refractivity contribution in [3.05, 3.63) is 74.9 Å². The zero-order valence-electron chi connectivity index (χ0n) is 17.2. The molecule has 0 radical (unpaired) electrons. The molecule has 0 amide bonds. The largest absolute Gasteiger partial charge is 0.481 e. The predicted octanol–water partition coefficient (Wildman–Crippen LogP) is 6.19. The molecule has 0 bridgehead atoms. The van der Waals surface area contributed by atoms with E-state index >= 15 is 0 Å². The van der Waals surface area contributed by atoms with Crippen LogP contribution in [0.2, 0.25) is 10.0 Å². The molecule has 164 valence electrons. The lowest BCUT2D eigenvalue weighted by atomic mass is 9.94. The van der Waals surface area contributed by atoms with Crippen LogP contribution in [0, 0.1) is 18.7 Å². The number of aryl methyl sites for hydroxylation is 1. The van der Waals surface area contributed by atoms with Crippen molar-refractivity contribution in [3.8, 4) is 11.1 Å². The van der Waals surface area contributed by atoms with E-state index in [1.807, 2.05) is 19.1 Å². The van der Waals surface area contributed by atoms with Gasteiger partial charge in [-0.25, -0.2) is 9.37 Å². The number of hydrogen-bond donors (Lipinski definition) is 2. The smallest absolute Gasteiger partial charge is 0.307 e. The number of carboxylic acid groups (broad SMARTS) is 1. The zero-order chi connectivity index (χ0) is 22.6. The summed E-state index contributed by atoms with van der Waals surface area (Å²) < 4.78 is 14.9. The maximum atomic E-state index is 14.9. The first kappa shape index (κ1) is 21.2. The summed E-state index contributed by atoms with van der Waals surface area (Å²) in [4.78, 5) is 19.8. The second kappa shape index (κ2) is 8.01. The lowest BCUT2D eigenvalue weighted by molar-refractivity contribution is -0.138. The lowest BCUT2D eigenvalue weighted by Gasteiger charge is -2.18. The number of halogens is 3. The number of carboxylic acids is 1. The Kier molecular flexibility index (Phi) is 5.30. The van der Waals surface area contributed by atoms with Crippen molar-refractivity contribution in [2.45, 2.75) is 38.1 Å². The maximum Gasteiger partial charge on any atom is 0.307 e. The summed E-state index contributed by atoms with van der Waals surface area (Å²) in [6.07, 6.45) is 5.14. The van der Waals surface area contributed by atoms with Crippen LogP contribution in [0.5, 0.6) is 0 Å². The monoisotopic (exact) mass is 471 g/mol. The van der Waals surface area contributed by atoms with Crippen LogP contribution in [0.3, 0.4) is 0 Å². The molecule has 0 unspecified atom stereocenters. The van der Waals surface area contributed by atoms with E-state index in [2.05, 4.69) is 15.3 Å². The topological polar surface area (TPSA) is 75.1 Å². The first-order chi connectivity index (χ1) is 15.3. The summed E-state index contributed by atoms with van der Waals surface area (Å²) in [5, 5.41) is 13.5. The Bertz CT molecular complexity index is 1230. The molecule has 8 heteroatoms. The number of rotatable bonds is 5. The molecule has 2 aliphatic rings. The van der Waals surface area contributed by atoms with Crippen LogP contribution in [0.1, 0.15) is 47.2 Å². The molecule has 3 atom stereocenters. The Morgan fingerprint density at radius 3 is 2.69 bits per heavy atom. The van der Waals surface area contributed by atoms with Crippen molar-refractivity contribution in [2.75, 3.05) is 5.32 Å². The fourth-order valence-corrected chi connectivity index (χ4v) is 5.15. The number of hydrogen-bond acceptors (Lipinski definition) is 4. The highest BCUT2D eigenvalue weighted by molar-refractivity contribution is 6.39. The zero-order valence-corrected chi connectivity index (χ0v) is 18.7. The van der Waals surface area contributed by atoms with Gasteiger partial charge < -0.3 is 10.4 Å². The summed E-state index contributed by atoms with van der Waals surface area (Å²) in [6, 6.07) is 6.61. The fraction of sp³-hybridized carbons (Fsp3) is 0.292. The van der Waals surface area contributed by atoms with Gasteiger partial charge >= 0.3 is 5.97 Å². The van der Waals surface area contributed by atoms with Gasteiger partial charge in [0.05, 0.1) is 35.1 Å². The van der Waals surface area contributed by atoms with Crippen molar-refractivity contribution in [1.29, 1.82) is 0 Å². The van der Waals surface area contributed by atoms with Crippen LogP contribution in [-0.4, -0.2) is 21.0 Å². The van der Waals surface area contributed by atoms with Crippen LogP contribution in [0.4, 0.5) is 10.2 Å². The minimum atomic E-state index is -0.804. The van der Waals surface area contributed by atoms with Crippen molar-refractivity contribution in [2.24, 2.45) is 5.92 Å². The summed E-state index contributed by atoms with van der Waals surface area (Å²) in [5.74, 6) is -1.02. The second-order valence-corrected chi connectivity index (χ2v) is 9.17. The van der Waals surface area contributed by atoms with Gasteiger partial charge in [0, 0.05) is 22.1 Å². The number of aliphatic carboxylic acids is 1. The first-order valence-corrected chi connectivity index (χ1v) is 11.2. The highest BCUT2D eigenvalue weighted by Gasteiger charge is 2.45. The van der Waals surface area contributed by atoms with E-state index in [0.29, 0.717) is 46.4 Å². The van der Waals surface area contributed by atoms with Gasteiger partial charge in [0.25, 0.3) is 0 Å². The van der Waals surface area contributed by atoms with Crippen molar-refractivity contribution >= 4 is 35.0 Å². The van der Waals surface area contributed by atoms with E-state index in [1.165, 1.54) is 6.07 Å². The summed E-state index contributed by atoms with van der Waals surface area (Å²) in [5.41, 5.74) is 4.64. The Morgan fingerprint density at radius 2 is 2.00 bits per heavy atom. The standard InChI is InChI=1S/C24H20Cl2FN3O2/c1-11-2-5-16(25)21(23(11)26)12-3-6-17(27)22-13(12)4-7-18(22)30-20-10-28-19(9-29-20)14-8-15(14)24(31)32/h2-3,5-6,9-10,14-15,18H,4,7-8H2,1H3,(H,29,30)(H,31,32)/t14-,15-,18+/m0/s1. The van der Waals surface area contributed by atoms with Gasteiger partial charge in [-0.3, -0.25) is 9.78 Å². The van der Waals surface area contributed by atoms with Crippen LogP contribution < -0.4 is 5.32 Å². The Morgan fingerprint density at radius 1 is 1.19 bits per heavy atom. The molecule has 5 rings (SSSR count). The lowest BCUT2D eigenvalue weighted by Crippen LogP contribution is -2.11. The van der Waals surface area contributed by atoms with E-state index in [1.54, 1.807) is 18.5 Å². The number of nitrogens with zero attached hydrogens (tertiary/aromatic N) is 2. The molecule has 3 aromatic rings. The van der Waals surface area contributed by atoms with E-state index < -0.39 is 5.97 Å². The van der Waals surface area contributed by atoms with Gasteiger partial charge in [-0.05, 0) is 55.0 Å². The number of benzene rings is 2. The molecule has 5 nitrogen and oxygen atoms in total. The van der Waals surface area contributed by atoms with E-state index in [0.717, 1.165) is 22.3 Å². The quantitative estimate of drug-likeness (QED) is 0.464. The number of aromatic nitrogens is 2. The van der Waals surface area contributed by atoms with Crippen LogP contribution in [0.15, 0.2) is 36.7 Å². The normalized spacial score (nSPS) is 21.3. The molecule has 1 fully saturated rings. The average molecular weight is 472 g/mol. The molecule has 1 saturated carbocycles. The minimum Gasteiger partial charge on any atom is -0.481 e. The second-order valence-electron chi connectivity index (χ2n) is 8.39. The SMILES string of the molecule is Cc1ccc(Cl)c(-c2ccc(F)c3c2CC[C@H]3Nc2cnc([C@H]3C[C@@H]3C(=O)O)cn2)c1Cl. The molecular formula is C24H20Cl2FN3O2.